The zero-order valence-electron chi connectivity index (χ0n) is 18.8. The Morgan fingerprint density at radius 2 is 2.03 bits per heavy atom. The molecule has 1 saturated heterocycles. The van der Waals surface area contributed by atoms with Gasteiger partial charge < -0.3 is 14.4 Å². The van der Waals surface area contributed by atoms with Crippen LogP contribution in [0.25, 0.3) is 0 Å². The molecular formula is C26H35NO3S. The van der Waals surface area contributed by atoms with E-state index < -0.39 is 0 Å². The molecule has 31 heavy (non-hydrogen) atoms. The van der Waals surface area contributed by atoms with Gasteiger partial charge in [-0.1, -0.05) is 31.0 Å². The molecule has 2 aliphatic rings. The minimum Gasteiger partial charge on any atom is -0.493 e. The van der Waals surface area contributed by atoms with E-state index in [9.17, 15) is 4.79 Å². The number of benzene rings is 1. The van der Waals surface area contributed by atoms with Gasteiger partial charge in [0.15, 0.2) is 0 Å². The van der Waals surface area contributed by atoms with Crippen LogP contribution in [-0.4, -0.2) is 35.7 Å². The molecular weight excluding hydrogens is 406 g/mol. The molecule has 1 amide bonds. The molecule has 2 fully saturated rings. The Bertz CT molecular complexity index is 842. The highest BCUT2D eigenvalue weighted by atomic mass is 32.1. The summed E-state index contributed by atoms with van der Waals surface area (Å²) in [7, 11) is 0. The van der Waals surface area contributed by atoms with Gasteiger partial charge in [-0.2, -0.15) is 0 Å². The van der Waals surface area contributed by atoms with Crippen LogP contribution in [0.2, 0.25) is 0 Å². The van der Waals surface area contributed by atoms with Crippen molar-refractivity contribution in [3.05, 3.63) is 52.2 Å². The van der Waals surface area contributed by atoms with Crippen LogP contribution in [0.1, 0.15) is 62.8 Å². The maximum Gasteiger partial charge on any atom is 0.226 e. The Morgan fingerprint density at radius 3 is 2.77 bits per heavy atom. The van der Waals surface area contributed by atoms with Crippen LogP contribution in [0, 0.1) is 5.92 Å². The number of hydrogen-bond acceptors (Lipinski definition) is 4. The maximum absolute atomic E-state index is 13.6. The van der Waals surface area contributed by atoms with Crippen molar-refractivity contribution in [1.82, 2.24) is 4.90 Å². The summed E-state index contributed by atoms with van der Waals surface area (Å²) in [5.74, 6) is 1.27. The first-order valence-electron chi connectivity index (χ1n) is 11.7. The number of amides is 1. The molecule has 0 radical (unpaired) electrons. The highest BCUT2D eigenvalue weighted by molar-refractivity contribution is 7.09. The number of ether oxygens (including phenoxy) is 2. The second kappa shape index (κ2) is 10.2. The molecule has 1 aliphatic carbocycles. The Labute approximate surface area is 190 Å². The van der Waals surface area contributed by atoms with E-state index in [1.807, 2.05) is 12.1 Å². The van der Waals surface area contributed by atoms with Crippen LogP contribution < -0.4 is 4.74 Å². The Hall–Kier alpha value is -1.85. The number of nitrogens with zero attached hydrogens (tertiary/aromatic N) is 1. The van der Waals surface area contributed by atoms with Crippen molar-refractivity contribution < 1.29 is 14.3 Å². The van der Waals surface area contributed by atoms with Gasteiger partial charge in [0.1, 0.15) is 5.75 Å². The van der Waals surface area contributed by atoms with Crippen molar-refractivity contribution in [2.75, 3.05) is 13.2 Å². The lowest BCUT2D eigenvalue weighted by Crippen LogP contribution is -2.46. The normalized spacial score (nSPS) is 21.2. The van der Waals surface area contributed by atoms with E-state index in [2.05, 4.69) is 48.4 Å². The summed E-state index contributed by atoms with van der Waals surface area (Å²) in [6, 6.07) is 12.9. The third-order valence-corrected chi connectivity index (χ3v) is 7.48. The van der Waals surface area contributed by atoms with Gasteiger partial charge in [-0.3, -0.25) is 4.79 Å². The molecule has 168 valence electrons. The SMILES string of the molecule is CC1(C)CC(C(=O)N(Cc2cccc(OCCc3cccs3)c2)C2CCCC2)CCO1. The number of carbonyl (C=O) groups is 1. The van der Waals surface area contributed by atoms with E-state index in [0.717, 1.165) is 43.4 Å². The van der Waals surface area contributed by atoms with Gasteiger partial charge in [0.2, 0.25) is 5.91 Å². The Morgan fingerprint density at radius 1 is 1.19 bits per heavy atom. The zero-order valence-corrected chi connectivity index (χ0v) is 19.7. The molecule has 1 aliphatic heterocycles. The topological polar surface area (TPSA) is 38.8 Å². The average Bonchev–Trinajstić information content (AvgIpc) is 3.45. The van der Waals surface area contributed by atoms with Gasteiger partial charge in [0, 0.05) is 36.4 Å². The lowest BCUT2D eigenvalue weighted by molar-refractivity contribution is -0.148. The van der Waals surface area contributed by atoms with Crippen molar-refractivity contribution in [3.63, 3.8) is 0 Å². The number of thiophene rings is 1. The highest BCUT2D eigenvalue weighted by Crippen LogP contribution is 2.33. The van der Waals surface area contributed by atoms with Gasteiger partial charge in [0.25, 0.3) is 0 Å². The molecule has 1 saturated carbocycles. The van der Waals surface area contributed by atoms with E-state index in [0.29, 0.717) is 31.7 Å². The summed E-state index contributed by atoms with van der Waals surface area (Å²) >= 11 is 1.77. The fourth-order valence-corrected chi connectivity index (χ4v) is 5.62. The van der Waals surface area contributed by atoms with Crippen molar-refractivity contribution in [1.29, 1.82) is 0 Å². The molecule has 0 bridgehead atoms. The first-order chi connectivity index (χ1) is 15.0. The first-order valence-corrected chi connectivity index (χ1v) is 12.6. The molecule has 0 N–H and O–H groups in total. The minimum atomic E-state index is -0.212. The number of carbonyl (C=O) groups excluding carboxylic acids is 1. The lowest BCUT2D eigenvalue weighted by Gasteiger charge is -2.39. The molecule has 4 nitrogen and oxygen atoms in total. The molecule has 1 aromatic heterocycles. The van der Waals surface area contributed by atoms with Gasteiger partial charge in [0.05, 0.1) is 12.2 Å². The van der Waals surface area contributed by atoms with E-state index in [1.54, 1.807) is 11.3 Å². The van der Waals surface area contributed by atoms with Crippen LogP contribution in [0.5, 0.6) is 5.75 Å². The summed E-state index contributed by atoms with van der Waals surface area (Å²) < 4.78 is 11.9. The first kappa shape index (κ1) is 22.3. The van der Waals surface area contributed by atoms with Crippen LogP contribution in [0.15, 0.2) is 41.8 Å². The van der Waals surface area contributed by atoms with Crippen LogP contribution in [0.4, 0.5) is 0 Å². The molecule has 4 rings (SSSR count). The second-order valence-corrected chi connectivity index (χ2v) is 10.6. The van der Waals surface area contributed by atoms with Gasteiger partial charge in [-0.05, 0) is 68.7 Å². The monoisotopic (exact) mass is 441 g/mol. The Balaban J connectivity index is 1.42. The average molecular weight is 442 g/mol. The summed E-state index contributed by atoms with van der Waals surface area (Å²) in [6.45, 7) is 6.22. The second-order valence-electron chi connectivity index (χ2n) is 9.53. The standard InChI is InChI=1S/C26H35NO3S/c1-26(2)18-21(12-15-30-26)25(28)27(22-8-3-4-9-22)19-20-7-5-10-23(17-20)29-14-13-24-11-6-16-31-24/h5-7,10-11,16-17,21-22H,3-4,8-9,12-15,18-19H2,1-2H3. The quantitative estimate of drug-likeness (QED) is 0.516. The molecule has 5 heteroatoms. The smallest absolute Gasteiger partial charge is 0.226 e. The van der Waals surface area contributed by atoms with E-state index in [-0.39, 0.29) is 11.5 Å². The minimum absolute atomic E-state index is 0.0644. The third kappa shape index (κ3) is 6.11. The van der Waals surface area contributed by atoms with Gasteiger partial charge in [-0.25, -0.2) is 0 Å². The number of rotatable bonds is 8. The predicted molar refractivity (Wildman–Crippen MR) is 126 cm³/mol. The predicted octanol–water partition coefficient (Wildman–Crippen LogP) is 5.85. The van der Waals surface area contributed by atoms with Gasteiger partial charge >= 0.3 is 0 Å². The van der Waals surface area contributed by atoms with Crippen LogP contribution >= 0.6 is 11.3 Å². The zero-order chi connectivity index (χ0) is 21.7. The summed E-state index contributed by atoms with van der Waals surface area (Å²) in [6.07, 6.45) is 7.25. The van der Waals surface area contributed by atoms with Crippen LogP contribution in [-0.2, 0) is 22.5 Å². The summed E-state index contributed by atoms with van der Waals surface area (Å²) in [5.41, 5.74) is 0.941. The number of hydrogen-bond donors (Lipinski definition) is 0. The molecule has 2 aromatic rings. The van der Waals surface area contributed by atoms with E-state index in [1.165, 1.54) is 17.7 Å². The van der Waals surface area contributed by atoms with E-state index in [4.69, 9.17) is 9.47 Å². The third-order valence-electron chi connectivity index (χ3n) is 6.54. The van der Waals surface area contributed by atoms with E-state index >= 15 is 0 Å². The summed E-state index contributed by atoms with van der Waals surface area (Å²) in [5, 5.41) is 2.10. The van der Waals surface area contributed by atoms with Gasteiger partial charge in [-0.15, -0.1) is 11.3 Å². The maximum atomic E-state index is 13.6. The fraction of sp³-hybridized carbons (Fsp3) is 0.577. The lowest BCUT2D eigenvalue weighted by atomic mass is 9.87. The van der Waals surface area contributed by atoms with Crippen molar-refractivity contribution in [2.45, 2.75) is 77.0 Å². The fourth-order valence-electron chi connectivity index (χ4n) is 4.93. The molecule has 0 spiro atoms. The van der Waals surface area contributed by atoms with Crippen molar-refractivity contribution in [2.24, 2.45) is 5.92 Å². The Kier molecular flexibility index (Phi) is 7.34. The van der Waals surface area contributed by atoms with Crippen molar-refractivity contribution >= 4 is 17.2 Å². The van der Waals surface area contributed by atoms with Crippen molar-refractivity contribution in [3.8, 4) is 5.75 Å². The summed E-state index contributed by atoms with van der Waals surface area (Å²) in [4.78, 5) is 17.1. The highest BCUT2D eigenvalue weighted by Gasteiger charge is 2.37. The molecule has 1 atom stereocenters. The molecule has 1 aromatic carbocycles. The molecule has 2 heterocycles. The largest absolute Gasteiger partial charge is 0.493 e. The van der Waals surface area contributed by atoms with Crippen LogP contribution in [0.3, 0.4) is 0 Å². The molecule has 1 unspecified atom stereocenters.